The lowest BCUT2D eigenvalue weighted by Crippen LogP contribution is -2.21. The lowest BCUT2D eigenvalue weighted by atomic mass is 9.87. The predicted octanol–water partition coefficient (Wildman–Crippen LogP) is 9.85. The van der Waals surface area contributed by atoms with E-state index in [4.69, 9.17) is 9.47 Å². The van der Waals surface area contributed by atoms with Crippen LogP contribution in [0.25, 0.3) is 34.4 Å². The van der Waals surface area contributed by atoms with Gasteiger partial charge in [-0.25, -0.2) is 48.0 Å². The van der Waals surface area contributed by atoms with Gasteiger partial charge in [-0.05, 0) is 111 Å². The van der Waals surface area contributed by atoms with Crippen LogP contribution in [0, 0.1) is 25.5 Å². The molecule has 22 heteroatoms. The second-order valence-electron chi connectivity index (χ2n) is 16.2. The summed E-state index contributed by atoms with van der Waals surface area (Å²) in [5.41, 5.74) is 1.82. The van der Waals surface area contributed by atoms with Crippen molar-refractivity contribution >= 4 is 0 Å². The van der Waals surface area contributed by atoms with Crippen molar-refractivity contribution < 1.29 is 44.6 Å². The van der Waals surface area contributed by atoms with Gasteiger partial charge in [0.05, 0.1) is 49.4 Å². The van der Waals surface area contributed by atoms with Crippen LogP contribution in [0.2, 0.25) is 0 Å². The van der Waals surface area contributed by atoms with Crippen LogP contribution >= 0.6 is 0 Å². The van der Waals surface area contributed by atoms with Crippen LogP contribution < -0.4 is 9.47 Å². The largest absolute Gasteiger partial charge is 0.479 e. The number of imidazole rings is 2. The molecule has 2 atom stereocenters. The molecule has 68 heavy (non-hydrogen) atoms. The second-order valence-corrected chi connectivity index (χ2v) is 16.2. The van der Waals surface area contributed by atoms with E-state index >= 15 is 0 Å². The lowest BCUT2D eigenvalue weighted by molar-refractivity contribution is -0.139. The normalized spacial score (nSPS) is 15.9. The SMILES string of the molecule is COc1nc(-c2nc3n(n2)CCC[C@@H]3c2cc(F)ccc2C(F)(F)F)ccc1-n1cnc(C)c1.COc1nc(-c2nc3n(n2)CCC[C@H]3c2cc(F)ccc2C(F)(F)F)ccc1-n1cnc(C)c1. The van der Waals surface area contributed by atoms with E-state index in [1.165, 1.54) is 14.2 Å². The van der Waals surface area contributed by atoms with Crippen LogP contribution in [-0.2, 0) is 25.4 Å². The van der Waals surface area contributed by atoms with Crippen LogP contribution in [0.3, 0.4) is 0 Å². The summed E-state index contributed by atoms with van der Waals surface area (Å²) in [5.74, 6) is -1.05. The molecular formula is C46H40F8N12O2. The number of nitrogens with zero attached hydrogens (tertiary/aromatic N) is 12. The van der Waals surface area contributed by atoms with Crippen LogP contribution in [0.4, 0.5) is 35.1 Å². The monoisotopic (exact) mass is 944 g/mol. The Balaban J connectivity index is 0.000000170. The number of halogens is 8. The quantitative estimate of drug-likeness (QED) is 0.135. The number of benzene rings is 2. The fraction of sp³-hybridized carbons (Fsp3) is 0.304. The number of hydrogen-bond acceptors (Lipinski definition) is 10. The van der Waals surface area contributed by atoms with E-state index in [0.29, 0.717) is 84.9 Å². The molecule has 10 rings (SSSR count). The van der Waals surface area contributed by atoms with Gasteiger partial charge in [-0.1, -0.05) is 0 Å². The highest BCUT2D eigenvalue weighted by molar-refractivity contribution is 5.57. The highest BCUT2D eigenvalue weighted by Gasteiger charge is 2.40. The minimum Gasteiger partial charge on any atom is -0.479 e. The molecule has 0 fully saturated rings. The maximum atomic E-state index is 14.0. The summed E-state index contributed by atoms with van der Waals surface area (Å²) >= 11 is 0. The first kappa shape index (κ1) is 45.6. The first-order chi connectivity index (χ1) is 32.5. The molecule has 0 unspecified atom stereocenters. The third kappa shape index (κ3) is 9.01. The number of hydrogen-bond donors (Lipinski definition) is 0. The zero-order chi connectivity index (χ0) is 48.1. The number of ether oxygens (including phenoxy) is 2. The van der Waals surface area contributed by atoms with Crippen molar-refractivity contribution in [2.24, 2.45) is 0 Å². The lowest BCUT2D eigenvalue weighted by Gasteiger charge is -2.25. The molecule has 2 aromatic carbocycles. The fourth-order valence-electron chi connectivity index (χ4n) is 8.58. The van der Waals surface area contributed by atoms with Gasteiger partial charge in [-0.15, -0.1) is 10.2 Å². The Morgan fingerprint density at radius 2 is 0.971 bits per heavy atom. The molecule has 0 amide bonds. The third-order valence-corrected chi connectivity index (χ3v) is 11.6. The Bertz CT molecular complexity index is 2930. The van der Waals surface area contributed by atoms with Crippen LogP contribution in [0.1, 0.15) is 82.8 Å². The standard InChI is InChI=1S/2C23H20F4N6O/c2*1-13-11-32(12-28-13)19-8-7-18(29-22(19)34-2)20-30-21-15(4-3-9-33(21)31-20)16-10-14(24)5-6-17(16)23(25,26)27/h2*5-8,10-12,15H,3-4,9H2,1-2H3/t2*15-/m10/s1. The Morgan fingerprint density at radius 3 is 1.32 bits per heavy atom. The molecule has 8 aromatic rings. The summed E-state index contributed by atoms with van der Waals surface area (Å²) in [5, 5.41) is 8.97. The Kier molecular flexibility index (Phi) is 12.0. The van der Waals surface area contributed by atoms with Crippen LogP contribution in [0.15, 0.2) is 85.7 Å². The Hall–Kier alpha value is -7.52. The van der Waals surface area contributed by atoms with Crippen LogP contribution in [0.5, 0.6) is 11.8 Å². The Morgan fingerprint density at radius 1 is 0.559 bits per heavy atom. The summed E-state index contributed by atoms with van der Waals surface area (Å²) in [6.07, 6.45) is -0.291. The molecule has 14 nitrogen and oxygen atoms in total. The molecule has 0 radical (unpaired) electrons. The minimum atomic E-state index is -4.61. The zero-order valence-corrected chi connectivity index (χ0v) is 36.7. The maximum absolute atomic E-state index is 14.0. The van der Waals surface area contributed by atoms with Crippen LogP contribution in [-0.4, -0.2) is 72.8 Å². The highest BCUT2D eigenvalue weighted by atomic mass is 19.4. The molecule has 0 N–H and O–H groups in total. The van der Waals surface area contributed by atoms with Crippen molar-refractivity contribution in [3.05, 3.63) is 143 Å². The minimum absolute atomic E-state index is 0.135. The highest BCUT2D eigenvalue weighted by Crippen LogP contribution is 2.43. The van der Waals surface area contributed by atoms with Crippen molar-refractivity contribution in [2.45, 2.75) is 76.8 Å². The molecule has 0 spiro atoms. The number of fused-ring (bicyclic) bond motifs is 2. The van der Waals surface area contributed by atoms with Gasteiger partial charge in [0.2, 0.25) is 11.8 Å². The molecule has 0 aliphatic carbocycles. The fourth-order valence-corrected chi connectivity index (χ4v) is 8.58. The molecule has 352 valence electrons. The number of pyridine rings is 2. The van der Waals surface area contributed by atoms with Gasteiger partial charge >= 0.3 is 12.4 Å². The van der Waals surface area contributed by atoms with E-state index in [1.807, 2.05) is 26.2 Å². The summed E-state index contributed by atoms with van der Waals surface area (Å²) < 4.78 is 127. The molecule has 2 aliphatic rings. The molecule has 6 aromatic heterocycles. The maximum Gasteiger partial charge on any atom is 0.416 e. The number of rotatable bonds is 8. The van der Waals surface area contributed by atoms with Crippen molar-refractivity contribution in [2.75, 3.05) is 14.2 Å². The van der Waals surface area contributed by atoms with Gasteiger partial charge in [-0.3, -0.25) is 0 Å². The third-order valence-electron chi connectivity index (χ3n) is 11.6. The summed E-state index contributed by atoms with van der Waals surface area (Å²) in [6.45, 7) is 4.73. The van der Waals surface area contributed by atoms with E-state index in [9.17, 15) is 35.1 Å². The van der Waals surface area contributed by atoms with E-state index in [-0.39, 0.29) is 22.8 Å². The number of alkyl halides is 6. The first-order valence-electron chi connectivity index (χ1n) is 21.2. The zero-order valence-electron chi connectivity index (χ0n) is 36.7. The number of aromatic nitrogens is 12. The van der Waals surface area contributed by atoms with Crippen molar-refractivity contribution in [3.8, 4) is 46.2 Å². The summed E-state index contributed by atoms with van der Waals surface area (Å²) in [7, 11) is 2.98. The van der Waals surface area contributed by atoms with E-state index in [0.717, 1.165) is 47.8 Å². The van der Waals surface area contributed by atoms with Gasteiger partial charge in [0, 0.05) is 37.3 Å². The first-order valence-corrected chi connectivity index (χ1v) is 21.2. The number of methoxy groups -OCH3 is 2. The van der Waals surface area contributed by atoms with E-state index < -0.39 is 46.9 Å². The smallest absolute Gasteiger partial charge is 0.416 e. The van der Waals surface area contributed by atoms with Gasteiger partial charge in [0.15, 0.2) is 11.6 Å². The second kappa shape index (κ2) is 17.9. The Labute approximate surface area is 382 Å². The van der Waals surface area contributed by atoms with E-state index in [2.05, 4.69) is 40.1 Å². The van der Waals surface area contributed by atoms with Gasteiger partial charge < -0.3 is 18.6 Å². The van der Waals surface area contributed by atoms with Crippen molar-refractivity contribution in [1.82, 2.24) is 58.6 Å². The molecule has 0 saturated carbocycles. The molecule has 0 saturated heterocycles. The van der Waals surface area contributed by atoms with Gasteiger partial charge in [0.25, 0.3) is 0 Å². The topological polar surface area (TPSA) is 141 Å². The average molecular weight is 945 g/mol. The van der Waals surface area contributed by atoms with Gasteiger partial charge in [0.1, 0.15) is 46.0 Å². The van der Waals surface area contributed by atoms with Gasteiger partial charge in [-0.2, -0.15) is 26.3 Å². The van der Waals surface area contributed by atoms with Crippen molar-refractivity contribution in [1.29, 1.82) is 0 Å². The average Bonchev–Trinajstić information content (AvgIpc) is 4.14. The van der Waals surface area contributed by atoms with Crippen molar-refractivity contribution in [3.63, 3.8) is 0 Å². The summed E-state index contributed by atoms with van der Waals surface area (Å²) in [6, 6.07) is 12.1. The molecule has 0 bridgehead atoms. The predicted molar refractivity (Wildman–Crippen MR) is 228 cm³/mol. The molecular weight excluding hydrogens is 905 g/mol. The van der Waals surface area contributed by atoms with E-state index in [1.54, 1.807) is 55.4 Å². The number of aryl methyl sites for hydroxylation is 4. The summed E-state index contributed by atoms with van der Waals surface area (Å²) in [4.78, 5) is 26.5. The molecule has 2 aliphatic heterocycles. The molecule has 8 heterocycles.